The Bertz CT molecular complexity index is 940. The molecule has 2 aromatic rings. The second-order valence-electron chi connectivity index (χ2n) is 6.81. The van der Waals surface area contributed by atoms with Crippen LogP contribution >= 0.6 is 0 Å². The molecule has 0 radical (unpaired) electrons. The fraction of sp³-hybridized carbons (Fsp3) is 0.300. The number of rotatable bonds is 6. The van der Waals surface area contributed by atoms with Crippen LogP contribution < -0.4 is 5.32 Å². The van der Waals surface area contributed by atoms with E-state index in [1.54, 1.807) is 54.6 Å². The van der Waals surface area contributed by atoms with Gasteiger partial charge in [0.2, 0.25) is 5.91 Å². The Balaban J connectivity index is 1.67. The van der Waals surface area contributed by atoms with Crippen molar-refractivity contribution < 1.29 is 23.1 Å². The van der Waals surface area contributed by atoms with Gasteiger partial charge in [0.25, 0.3) is 0 Å². The first-order chi connectivity index (χ1) is 12.8. The van der Waals surface area contributed by atoms with Crippen LogP contribution in [0.5, 0.6) is 0 Å². The molecule has 0 aromatic heterocycles. The summed E-state index contributed by atoms with van der Waals surface area (Å²) >= 11 is 0. The van der Waals surface area contributed by atoms with Gasteiger partial charge in [-0.15, -0.1) is 0 Å². The Morgan fingerprint density at radius 2 is 1.70 bits per heavy atom. The van der Waals surface area contributed by atoms with Crippen molar-refractivity contribution in [3.05, 3.63) is 60.2 Å². The number of sulfone groups is 1. The average molecular weight is 387 g/mol. The quantitative estimate of drug-likeness (QED) is 0.793. The number of hydrogen-bond donors (Lipinski definition) is 2. The SMILES string of the molecule is O=C(O)[C@@H]1CC[C@H](C(=O)Nc2cccc(CS(=O)(=O)c3ccccc3)c2)C1. The van der Waals surface area contributed by atoms with Crippen LogP contribution in [-0.4, -0.2) is 25.4 Å². The van der Waals surface area contributed by atoms with E-state index in [1.165, 1.54) is 0 Å². The largest absolute Gasteiger partial charge is 0.481 e. The van der Waals surface area contributed by atoms with Gasteiger partial charge < -0.3 is 10.4 Å². The predicted molar refractivity (Wildman–Crippen MR) is 101 cm³/mol. The Hall–Kier alpha value is -2.67. The summed E-state index contributed by atoms with van der Waals surface area (Å²) in [5.74, 6) is -2.04. The van der Waals surface area contributed by atoms with Gasteiger partial charge in [-0.25, -0.2) is 8.42 Å². The zero-order chi connectivity index (χ0) is 19.4. The Morgan fingerprint density at radius 1 is 1.00 bits per heavy atom. The van der Waals surface area contributed by atoms with Crippen LogP contribution in [-0.2, 0) is 25.2 Å². The lowest BCUT2D eigenvalue weighted by molar-refractivity contribution is -0.141. The Kier molecular flexibility index (Phi) is 5.60. The minimum absolute atomic E-state index is 0.161. The molecular formula is C20H21NO5S. The van der Waals surface area contributed by atoms with Crippen LogP contribution in [0.4, 0.5) is 5.69 Å². The van der Waals surface area contributed by atoms with Gasteiger partial charge in [-0.2, -0.15) is 0 Å². The number of carbonyl (C=O) groups excluding carboxylic acids is 1. The predicted octanol–water partition coefficient (Wildman–Crippen LogP) is 3.10. The first-order valence-electron chi connectivity index (χ1n) is 8.75. The number of carbonyl (C=O) groups is 2. The zero-order valence-electron chi connectivity index (χ0n) is 14.7. The fourth-order valence-corrected chi connectivity index (χ4v) is 4.71. The molecule has 0 bridgehead atoms. The van der Waals surface area contributed by atoms with Gasteiger partial charge in [0.15, 0.2) is 9.84 Å². The molecule has 2 N–H and O–H groups in total. The summed E-state index contributed by atoms with van der Waals surface area (Å²) in [5.41, 5.74) is 1.09. The molecule has 27 heavy (non-hydrogen) atoms. The van der Waals surface area contributed by atoms with Crippen molar-refractivity contribution >= 4 is 27.4 Å². The van der Waals surface area contributed by atoms with Crippen molar-refractivity contribution in [1.82, 2.24) is 0 Å². The highest BCUT2D eigenvalue weighted by Gasteiger charge is 2.33. The van der Waals surface area contributed by atoms with E-state index in [0.29, 0.717) is 30.5 Å². The third kappa shape index (κ3) is 4.74. The number of nitrogens with one attached hydrogen (secondary N) is 1. The minimum atomic E-state index is -3.47. The van der Waals surface area contributed by atoms with Crippen LogP contribution in [0.15, 0.2) is 59.5 Å². The van der Waals surface area contributed by atoms with Crippen molar-refractivity contribution in [1.29, 1.82) is 0 Å². The molecule has 3 rings (SSSR count). The summed E-state index contributed by atoms with van der Waals surface area (Å²) in [6.45, 7) is 0. The van der Waals surface area contributed by atoms with Crippen molar-refractivity contribution in [3.63, 3.8) is 0 Å². The summed E-state index contributed by atoms with van der Waals surface area (Å²) in [6.07, 6.45) is 1.39. The summed E-state index contributed by atoms with van der Waals surface area (Å²) in [6, 6.07) is 15.0. The molecule has 7 heteroatoms. The molecular weight excluding hydrogens is 366 g/mol. The van der Waals surface area contributed by atoms with Crippen molar-refractivity contribution in [2.24, 2.45) is 11.8 Å². The van der Waals surface area contributed by atoms with E-state index in [2.05, 4.69) is 5.32 Å². The highest BCUT2D eigenvalue weighted by atomic mass is 32.2. The lowest BCUT2D eigenvalue weighted by atomic mass is 10.0. The number of amides is 1. The van der Waals surface area contributed by atoms with E-state index in [1.807, 2.05) is 0 Å². The fourth-order valence-electron chi connectivity index (χ4n) is 3.36. The van der Waals surface area contributed by atoms with Crippen LogP contribution in [0.1, 0.15) is 24.8 Å². The summed E-state index contributed by atoms with van der Waals surface area (Å²) in [5, 5.41) is 11.8. The molecule has 0 spiro atoms. The minimum Gasteiger partial charge on any atom is -0.481 e. The van der Waals surface area contributed by atoms with Crippen LogP contribution in [0.3, 0.4) is 0 Å². The van der Waals surface area contributed by atoms with Gasteiger partial charge in [0.05, 0.1) is 16.6 Å². The van der Waals surface area contributed by atoms with Crippen LogP contribution in [0.2, 0.25) is 0 Å². The number of aliphatic carboxylic acids is 1. The van der Waals surface area contributed by atoms with Crippen molar-refractivity contribution in [2.45, 2.75) is 29.9 Å². The topological polar surface area (TPSA) is 101 Å². The highest BCUT2D eigenvalue weighted by Crippen LogP contribution is 2.32. The van der Waals surface area contributed by atoms with E-state index >= 15 is 0 Å². The van der Waals surface area contributed by atoms with Gasteiger partial charge >= 0.3 is 5.97 Å². The molecule has 0 saturated heterocycles. The third-order valence-electron chi connectivity index (χ3n) is 4.81. The molecule has 0 unspecified atom stereocenters. The van der Waals surface area contributed by atoms with E-state index in [-0.39, 0.29) is 22.5 Å². The molecule has 1 aliphatic rings. The van der Waals surface area contributed by atoms with E-state index in [4.69, 9.17) is 5.11 Å². The monoisotopic (exact) mass is 387 g/mol. The molecule has 0 aliphatic heterocycles. The molecule has 142 valence electrons. The Morgan fingerprint density at radius 3 is 2.37 bits per heavy atom. The zero-order valence-corrected chi connectivity index (χ0v) is 15.5. The van der Waals surface area contributed by atoms with Crippen LogP contribution in [0.25, 0.3) is 0 Å². The normalized spacial score (nSPS) is 19.6. The second kappa shape index (κ2) is 7.92. The Labute approximate surface area is 158 Å². The smallest absolute Gasteiger partial charge is 0.306 e. The number of hydrogen-bond acceptors (Lipinski definition) is 4. The van der Waals surface area contributed by atoms with Gasteiger partial charge in [-0.3, -0.25) is 9.59 Å². The van der Waals surface area contributed by atoms with Crippen molar-refractivity contribution in [3.8, 4) is 0 Å². The molecule has 1 fully saturated rings. The summed E-state index contributed by atoms with van der Waals surface area (Å²) < 4.78 is 25.0. The number of carboxylic acids is 1. The molecule has 2 aromatic carbocycles. The van der Waals surface area contributed by atoms with Crippen LogP contribution in [0, 0.1) is 11.8 Å². The molecule has 1 amide bonds. The van der Waals surface area contributed by atoms with Gasteiger partial charge in [-0.1, -0.05) is 30.3 Å². The summed E-state index contributed by atoms with van der Waals surface area (Å²) in [7, 11) is -3.47. The van der Waals surface area contributed by atoms with Gasteiger partial charge in [-0.05, 0) is 49.1 Å². The third-order valence-corrected chi connectivity index (χ3v) is 6.51. The standard InChI is InChI=1S/C20H21NO5S/c22-19(15-9-10-16(12-15)20(23)24)21-17-6-4-5-14(11-17)13-27(25,26)18-7-2-1-3-8-18/h1-8,11,15-16H,9-10,12-13H2,(H,21,22)(H,23,24)/t15-,16+/m0/s1. The van der Waals surface area contributed by atoms with Crippen molar-refractivity contribution in [2.75, 3.05) is 5.32 Å². The molecule has 1 saturated carbocycles. The first kappa shape index (κ1) is 19.1. The maximum Gasteiger partial charge on any atom is 0.306 e. The van der Waals surface area contributed by atoms with E-state index in [9.17, 15) is 18.0 Å². The maximum absolute atomic E-state index is 12.5. The molecule has 1 aliphatic carbocycles. The lowest BCUT2D eigenvalue weighted by Gasteiger charge is -2.12. The van der Waals surface area contributed by atoms with E-state index in [0.717, 1.165) is 0 Å². The number of anilines is 1. The number of carboxylic acid groups (broad SMARTS) is 1. The molecule has 0 heterocycles. The highest BCUT2D eigenvalue weighted by molar-refractivity contribution is 7.90. The molecule has 6 nitrogen and oxygen atoms in total. The van der Waals surface area contributed by atoms with E-state index < -0.39 is 21.7 Å². The number of benzene rings is 2. The average Bonchev–Trinajstić information content (AvgIpc) is 3.13. The van der Waals surface area contributed by atoms with Gasteiger partial charge in [0, 0.05) is 11.6 Å². The summed E-state index contributed by atoms with van der Waals surface area (Å²) in [4.78, 5) is 23.7. The maximum atomic E-state index is 12.5. The van der Waals surface area contributed by atoms with Gasteiger partial charge in [0.1, 0.15) is 0 Å². The lowest BCUT2D eigenvalue weighted by Crippen LogP contribution is -2.21. The first-order valence-corrected chi connectivity index (χ1v) is 10.4. The second-order valence-corrected chi connectivity index (χ2v) is 8.80. The molecule has 2 atom stereocenters.